The lowest BCUT2D eigenvalue weighted by Gasteiger charge is -2.02. The molecule has 4 rings (SSSR count). The molecule has 4 aromatic rings. The number of nitro benzene ring substituents is 1. The second-order valence-electron chi connectivity index (χ2n) is 5.94. The van der Waals surface area contributed by atoms with Crippen molar-refractivity contribution in [2.45, 2.75) is 13.5 Å². The molecule has 0 radical (unpaired) electrons. The summed E-state index contributed by atoms with van der Waals surface area (Å²) in [6, 6.07) is 20.3. The molecule has 26 heavy (non-hydrogen) atoms. The number of hydrogen-bond acceptors (Lipinski definition) is 4. The second-order valence-corrected chi connectivity index (χ2v) is 5.94. The van der Waals surface area contributed by atoms with Crippen molar-refractivity contribution >= 4 is 38.9 Å². The Hall–Kier alpha value is -3.54. The van der Waals surface area contributed by atoms with E-state index in [1.54, 1.807) is 12.1 Å². The Bertz CT molecular complexity index is 1140. The van der Waals surface area contributed by atoms with Crippen molar-refractivity contribution in [3.63, 3.8) is 0 Å². The molecular formula is C20H16N4O2. The number of nitro groups is 1. The van der Waals surface area contributed by atoms with E-state index in [4.69, 9.17) is 0 Å². The third-order valence-electron chi connectivity index (χ3n) is 4.41. The number of para-hydroxylation sites is 1. The zero-order valence-electron chi connectivity index (χ0n) is 14.2. The summed E-state index contributed by atoms with van der Waals surface area (Å²) >= 11 is 0. The Kier molecular flexibility index (Phi) is 3.93. The van der Waals surface area contributed by atoms with E-state index < -0.39 is 4.92 Å². The number of benzene rings is 3. The van der Waals surface area contributed by atoms with Gasteiger partial charge >= 0.3 is 0 Å². The van der Waals surface area contributed by atoms with Crippen LogP contribution in [0, 0.1) is 10.1 Å². The van der Waals surface area contributed by atoms with Crippen molar-refractivity contribution < 1.29 is 4.92 Å². The van der Waals surface area contributed by atoms with Gasteiger partial charge in [0.25, 0.3) is 5.69 Å². The summed E-state index contributed by atoms with van der Waals surface area (Å²) in [6.07, 6.45) is 0. The second kappa shape index (κ2) is 6.40. The highest BCUT2D eigenvalue weighted by Crippen LogP contribution is 2.32. The third kappa shape index (κ3) is 2.71. The van der Waals surface area contributed by atoms with E-state index in [2.05, 4.69) is 39.9 Å². The first-order valence-corrected chi connectivity index (χ1v) is 8.34. The molecule has 0 unspecified atom stereocenters. The van der Waals surface area contributed by atoms with E-state index in [0.29, 0.717) is 5.69 Å². The Morgan fingerprint density at radius 3 is 2.27 bits per heavy atom. The maximum absolute atomic E-state index is 10.7. The van der Waals surface area contributed by atoms with E-state index in [1.807, 2.05) is 24.3 Å². The first-order chi connectivity index (χ1) is 12.7. The molecule has 1 aromatic heterocycles. The molecule has 128 valence electrons. The first-order valence-electron chi connectivity index (χ1n) is 8.34. The summed E-state index contributed by atoms with van der Waals surface area (Å²) in [5, 5.41) is 21.5. The number of rotatable bonds is 4. The number of fused-ring (bicyclic) bond motifs is 3. The van der Waals surface area contributed by atoms with Crippen LogP contribution >= 0.6 is 0 Å². The number of nitrogens with zero attached hydrogens (tertiary/aromatic N) is 4. The Balaban J connectivity index is 1.73. The van der Waals surface area contributed by atoms with Crippen molar-refractivity contribution in [3.05, 3.63) is 76.8 Å². The molecule has 0 atom stereocenters. The smallest absolute Gasteiger partial charge is 0.269 e. The van der Waals surface area contributed by atoms with Gasteiger partial charge in [0.15, 0.2) is 0 Å². The van der Waals surface area contributed by atoms with Crippen LogP contribution in [-0.4, -0.2) is 9.49 Å². The maximum Gasteiger partial charge on any atom is 0.269 e. The van der Waals surface area contributed by atoms with E-state index in [1.165, 1.54) is 28.6 Å². The van der Waals surface area contributed by atoms with Crippen LogP contribution in [0.15, 0.2) is 77.0 Å². The van der Waals surface area contributed by atoms with Gasteiger partial charge in [-0.1, -0.05) is 18.2 Å². The van der Waals surface area contributed by atoms with Crippen LogP contribution in [0.5, 0.6) is 0 Å². The van der Waals surface area contributed by atoms with Crippen LogP contribution in [0.25, 0.3) is 21.8 Å². The highest BCUT2D eigenvalue weighted by atomic mass is 16.6. The molecule has 0 bridgehead atoms. The zero-order chi connectivity index (χ0) is 18.1. The van der Waals surface area contributed by atoms with Gasteiger partial charge in [-0.25, -0.2) is 0 Å². The van der Waals surface area contributed by atoms with Gasteiger partial charge in [-0.2, -0.15) is 10.2 Å². The fourth-order valence-electron chi connectivity index (χ4n) is 3.20. The molecule has 0 aliphatic rings. The molecule has 1 heterocycles. The lowest BCUT2D eigenvalue weighted by atomic mass is 10.1. The van der Waals surface area contributed by atoms with E-state index in [0.717, 1.165) is 17.6 Å². The monoisotopic (exact) mass is 344 g/mol. The molecule has 0 amide bonds. The predicted octanol–water partition coefficient (Wildman–Crippen LogP) is 6.14. The minimum Gasteiger partial charge on any atom is -0.341 e. The summed E-state index contributed by atoms with van der Waals surface area (Å²) in [6.45, 7) is 3.03. The maximum atomic E-state index is 10.7. The largest absolute Gasteiger partial charge is 0.341 e. The summed E-state index contributed by atoms with van der Waals surface area (Å²) in [7, 11) is 0. The SMILES string of the molecule is CCn1c2ccccc2c2cc(N=Nc3ccc([N+](=O)[O-])cc3)ccc21. The third-order valence-corrected chi connectivity index (χ3v) is 4.41. The fraction of sp³-hybridized carbons (Fsp3) is 0.100. The van der Waals surface area contributed by atoms with E-state index in [-0.39, 0.29) is 5.69 Å². The Morgan fingerprint density at radius 1 is 0.885 bits per heavy atom. The molecule has 0 saturated heterocycles. The van der Waals surface area contributed by atoms with Crippen molar-refractivity contribution in [1.29, 1.82) is 0 Å². The van der Waals surface area contributed by atoms with Gasteiger partial charge in [0.05, 0.1) is 16.3 Å². The predicted molar refractivity (Wildman–Crippen MR) is 102 cm³/mol. The van der Waals surface area contributed by atoms with Gasteiger partial charge in [-0.15, -0.1) is 0 Å². The molecule has 6 nitrogen and oxygen atoms in total. The lowest BCUT2D eigenvalue weighted by molar-refractivity contribution is -0.384. The minimum atomic E-state index is -0.432. The van der Waals surface area contributed by atoms with Crippen LogP contribution in [0.2, 0.25) is 0 Å². The van der Waals surface area contributed by atoms with Crippen LogP contribution in [0.1, 0.15) is 6.92 Å². The molecule has 0 N–H and O–H groups in total. The summed E-state index contributed by atoms with van der Waals surface area (Å²) < 4.78 is 2.28. The molecule has 6 heteroatoms. The van der Waals surface area contributed by atoms with Gasteiger partial charge in [-0.3, -0.25) is 10.1 Å². The standard InChI is InChI=1S/C20H16N4O2/c1-2-23-19-6-4-3-5-17(19)18-13-15(9-12-20(18)23)22-21-14-7-10-16(11-8-14)24(25)26/h3-13H,2H2,1H3. The number of azo groups is 1. The van der Waals surface area contributed by atoms with E-state index >= 15 is 0 Å². The molecule has 0 saturated carbocycles. The van der Waals surface area contributed by atoms with Gasteiger partial charge in [0.2, 0.25) is 0 Å². The van der Waals surface area contributed by atoms with Gasteiger partial charge in [0, 0.05) is 40.5 Å². The zero-order valence-corrected chi connectivity index (χ0v) is 14.2. The normalized spacial score (nSPS) is 11.6. The summed E-state index contributed by atoms with van der Waals surface area (Å²) in [5.74, 6) is 0. The van der Waals surface area contributed by atoms with Crippen LogP contribution in [0.3, 0.4) is 0 Å². The van der Waals surface area contributed by atoms with Crippen LogP contribution in [0.4, 0.5) is 17.1 Å². The van der Waals surface area contributed by atoms with Gasteiger partial charge in [-0.05, 0) is 43.3 Å². The van der Waals surface area contributed by atoms with Gasteiger partial charge in [0.1, 0.15) is 0 Å². The average molecular weight is 344 g/mol. The van der Waals surface area contributed by atoms with Crippen LogP contribution < -0.4 is 0 Å². The number of aromatic nitrogens is 1. The van der Waals surface area contributed by atoms with Crippen molar-refractivity contribution in [2.75, 3.05) is 0 Å². The first kappa shape index (κ1) is 16.0. The highest BCUT2D eigenvalue weighted by molar-refractivity contribution is 6.08. The topological polar surface area (TPSA) is 72.8 Å². The summed E-state index contributed by atoms with van der Waals surface area (Å²) in [5.41, 5.74) is 3.73. The molecule has 3 aromatic carbocycles. The molecule has 0 spiro atoms. The number of aryl methyl sites for hydroxylation is 1. The Labute approximate surface area is 149 Å². The fourth-order valence-corrected chi connectivity index (χ4v) is 3.20. The lowest BCUT2D eigenvalue weighted by Crippen LogP contribution is -1.92. The molecular weight excluding hydrogens is 328 g/mol. The van der Waals surface area contributed by atoms with Gasteiger partial charge < -0.3 is 4.57 Å². The minimum absolute atomic E-state index is 0.0396. The van der Waals surface area contributed by atoms with Crippen molar-refractivity contribution in [2.24, 2.45) is 10.2 Å². The highest BCUT2D eigenvalue weighted by Gasteiger charge is 2.09. The van der Waals surface area contributed by atoms with E-state index in [9.17, 15) is 10.1 Å². The molecule has 0 aliphatic carbocycles. The quantitative estimate of drug-likeness (QED) is 0.253. The number of non-ortho nitro benzene ring substituents is 1. The summed E-state index contributed by atoms with van der Waals surface area (Å²) in [4.78, 5) is 10.3. The average Bonchev–Trinajstić information content (AvgIpc) is 2.99. The molecule has 0 fully saturated rings. The van der Waals surface area contributed by atoms with Crippen LogP contribution in [-0.2, 0) is 6.54 Å². The number of hydrogen-bond donors (Lipinski definition) is 0. The van der Waals surface area contributed by atoms with Crippen molar-refractivity contribution in [3.8, 4) is 0 Å². The Morgan fingerprint density at radius 2 is 1.54 bits per heavy atom. The molecule has 0 aliphatic heterocycles. The van der Waals surface area contributed by atoms with Crippen molar-refractivity contribution in [1.82, 2.24) is 4.57 Å².